The second kappa shape index (κ2) is 5.28. The van der Waals surface area contributed by atoms with Gasteiger partial charge in [-0.05, 0) is 34.7 Å². The van der Waals surface area contributed by atoms with Crippen LogP contribution >= 0.6 is 0 Å². The van der Waals surface area contributed by atoms with Gasteiger partial charge in [0.25, 0.3) is 0 Å². The molecule has 0 spiro atoms. The molecule has 0 radical (unpaired) electrons. The standard InChI is InChI=1S/C14H11F2N5/c15-11-5-10(6-12(17)7-11)14-18-19-20-21(14)8-9-3-1-2-4-13(9)16/h1-7H,8,17H2. The lowest BCUT2D eigenvalue weighted by molar-refractivity contribution is 0.578. The molecule has 3 rings (SSSR count). The number of aromatic nitrogens is 4. The molecule has 1 heterocycles. The Morgan fingerprint density at radius 3 is 2.67 bits per heavy atom. The maximum absolute atomic E-state index is 13.7. The van der Waals surface area contributed by atoms with Crippen molar-refractivity contribution in [3.05, 3.63) is 59.7 Å². The van der Waals surface area contributed by atoms with Crippen LogP contribution in [0.15, 0.2) is 42.5 Å². The van der Waals surface area contributed by atoms with Crippen LogP contribution in [0.4, 0.5) is 14.5 Å². The molecule has 3 aromatic rings. The van der Waals surface area contributed by atoms with Crippen LogP contribution in [0.2, 0.25) is 0 Å². The lowest BCUT2D eigenvalue weighted by Gasteiger charge is -2.06. The molecule has 0 aliphatic rings. The Bertz CT molecular complexity index is 764. The fraction of sp³-hybridized carbons (Fsp3) is 0.0714. The Morgan fingerprint density at radius 1 is 1.10 bits per heavy atom. The third-order valence-corrected chi connectivity index (χ3v) is 2.99. The summed E-state index contributed by atoms with van der Waals surface area (Å²) >= 11 is 0. The summed E-state index contributed by atoms with van der Waals surface area (Å²) in [7, 11) is 0. The number of benzene rings is 2. The molecule has 0 saturated heterocycles. The summed E-state index contributed by atoms with van der Waals surface area (Å²) in [5, 5.41) is 11.2. The molecular formula is C14H11F2N5. The van der Waals surface area contributed by atoms with E-state index in [1.807, 2.05) is 0 Å². The van der Waals surface area contributed by atoms with Gasteiger partial charge in [0, 0.05) is 16.8 Å². The topological polar surface area (TPSA) is 69.6 Å². The highest BCUT2D eigenvalue weighted by atomic mass is 19.1. The van der Waals surface area contributed by atoms with E-state index < -0.39 is 5.82 Å². The van der Waals surface area contributed by atoms with Gasteiger partial charge in [-0.25, -0.2) is 13.5 Å². The maximum Gasteiger partial charge on any atom is 0.182 e. The number of hydrogen-bond acceptors (Lipinski definition) is 4. The van der Waals surface area contributed by atoms with Gasteiger partial charge in [-0.3, -0.25) is 0 Å². The number of halogens is 2. The van der Waals surface area contributed by atoms with Crippen LogP contribution in [-0.4, -0.2) is 20.2 Å². The molecule has 21 heavy (non-hydrogen) atoms. The van der Waals surface area contributed by atoms with E-state index in [4.69, 9.17) is 5.73 Å². The molecule has 0 amide bonds. The van der Waals surface area contributed by atoms with E-state index in [0.717, 1.165) is 0 Å². The number of tetrazole rings is 1. The summed E-state index contributed by atoms with van der Waals surface area (Å²) in [6.07, 6.45) is 0. The summed E-state index contributed by atoms with van der Waals surface area (Å²) in [6, 6.07) is 10.4. The number of rotatable bonds is 3. The summed E-state index contributed by atoms with van der Waals surface area (Å²) in [6.45, 7) is 0.144. The van der Waals surface area contributed by atoms with Crippen LogP contribution in [0.3, 0.4) is 0 Å². The number of nitrogens with zero attached hydrogens (tertiary/aromatic N) is 4. The zero-order valence-electron chi connectivity index (χ0n) is 10.9. The second-order valence-corrected chi connectivity index (χ2v) is 4.52. The van der Waals surface area contributed by atoms with E-state index in [0.29, 0.717) is 17.0 Å². The van der Waals surface area contributed by atoms with Gasteiger partial charge in [0.2, 0.25) is 0 Å². The number of anilines is 1. The first kappa shape index (κ1) is 13.2. The van der Waals surface area contributed by atoms with Crippen molar-refractivity contribution in [2.75, 3.05) is 5.73 Å². The Hall–Kier alpha value is -2.83. The van der Waals surface area contributed by atoms with Gasteiger partial charge in [0.05, 0.1) is 6.54 Å². The molecular weight excluding hydrogens is 276 g/mol. The van der Waals surface area contributed by atoms with Crippen molar-refractivity contribution in [3.8, 4) is 11.4 Å². The lowest BCUT2D eigenvalue weighted by Crippen LogP contribution is -2.06. The quantitative estimate of drug-likeness (QED) is 0.750. The molecule has 0 saturated carbocycles. The minimum atomic E-state index is -0.481. The molecule has 0 aliphatic heterocycles. The fourth-order valence-corrected chi connectivity index (χ4v) is 2.05. The van der Waals surface area contributed by atoms with E-state index in [2.05, 4.69) is 15.5 Å². The highest BCUT2D eigenvalue weighted by molar-refractivity contribution is 5.61. The Morgan fingerprint density at radius 2 is 1.90 bits per heavy atom. The lowest BCUT2D eigenvalue weighted by atomic mass is 10.1. The third-order valence-electron chi connectivity index (χ3n) is 2.99. The molecule has 0 unspecified atom stereocenters. The van der Waals surface area contributed by atoms with Crippen molar-refractivity contribution >= 4 is 5.69 Å². The van der Waals surface area contributed by atoms with Crippen molar-refractivity contribution in [1.82, 2.24) is 20.2 Å². The van der Waals surface area contributed by atoms with Crippen LogP contribution in [0.1, 0.15) is 5.56 Å². The smallest absolute Gasteiger partial charge is 0.182 e. The summed E-state index contributed by atoms with van der Waals surface area (Å²) in [4.78, 5) is 0. The average molecular weight is 287 g/mol. The van der Waals surface area contributed by atoms with Gasteiger partial charge in [0.15, 0.2) is 5.82 Å². The van der Waals surface area contributed by atoms with Gasteiger partial charge in [-0.2, -0.15) is 0 Å². The Balaban J connectivity index is 1.99. The molecule has 0 bridgehead atoms. The van der Waals surface area contributed by atoms with Crippen LogP contribution in [0, 0.1) is 11.6 Å². The van der Waals surface area contributed by atoms with Crippen molar-refractivity contribution in [1.29, 1.82) is 0 Å². The fourth-order valence-electron chi connectivity index (χ4n) is 2.05. The highest BCUT2D eigenvalue weighted by Gasteiger charge is 2.12. The van der Waals surface area contributed by atoms with E-state index in [9.17, 15) is 8.78 Å². The Kier molecular flexibility index (Phi) is 3.31. The van der Waals surface area contributed by atoms with Crippen LogP contribution in [-0.2, 0) is 6.54 Å². The third kappa shape index (κ3) is 2.71. The average Bonchev–Trinajstić information content (AvgIpc) is 2.88. The zero-order chi connectivity index (χ0) is 14.8. The molecule has 1 aromatic heterocycles. The molecule has 0 aliphatic carbocycles. The van der Waals surface area contributed by atoms with Gasteiger partial charge in [-0.1, -0.05) is 18.2 Å². The molecule has 2 N–H and O–H groups in total. The monoisotopic (exact) mass is 287 g/mol. The minimum Gasteiger partial charge on any atom is -0.399 e. The normalized spacial score (nSPS) is 10.8. The summed E-state index contributed by atoms with van der Waals surface area (Å²) < 4.78 is 28.5. The zero-order valence-corrected chi connectivity index (χ0v) is 10.9. The molecule has 2 aromatic carbocycles. The van der Waals surface area contributed by atoms with E-state index >= 15 is 0 Å². The summed E-state index contributed by atoms with van der Waals surface area (Å²) in [5.41, 5.74) is 6.76. The van der Waals surface area contributed by atoms with E-state index in [1.165, 1.54) is 22.9 Å². The molecule has 5 nitrogen and oxygen atoms in total. The maximum atomic E-state index is 13.7. The number of hydrogen-bond donors (Lipinski definition) is 1. The van der Waals surface area contributed by atoms with Crippen molar-refractivity contribution < 1.29 is 8.78 Å². The van der Waals surface area contributed by atoms with Gasteiger partial charge in [0.1, 0.15) is 11.6 Å². The highest BCUT2D eigenvalue weighted by Crippen LogP contribution is 2.21. The first-order valence-electron chi connectivity index (χ1n) is 6.19. The molecule has 0 atom stereocenters. The van der Waals surface area contributed by atoms with Gasteiger partial charge in [-0.15, -0.1) is 5.10 Å². The van der Waals surface area contributed by atoms with Crippen LogP contribution < -0.4 is 5.73 Å². The van der Waals surface area contributed by atoms with Crippen molar-refractivity contribution in [2.45, 2.75) is 6.54 Å². The Labute approximate surface area is 119 Å². The van der Waals surface area contributed by atoms with Crippen LogP contribution in [0.25, 0.3) is 11.4 Å². The molecule has 106 valence electrons. The van der Waals surface area contributed by atoms with Gasteiger partial charge < -0.3 is 5.73 Å². The van der Waals surface area contributed by atoms with Gasteiger partial charge >= 0.3 is 0 Å². The predicted octanol–water partition coefficient (Wildman–Crippen LogP) is 2.25. The minimum absolute atomic E-state index is 0.144. The SMILES string of the molecule is Nc1cc(F)cc(-c2nnnn2Cc2ccccc2F)c1. The second-order valence-electron chi connectivity index (χ2n) is 4.52. The molecule has 7 heteroatoms. The first-order chi connectivity index (χ1) is 10.1. The summed E-state index contributed by atoms with van der Waals surface area (Å²) in [5.74, 6) is -0.507. The van der Waals surface area contributed by atoms with Crippen molar-refractivity contribution in [3.63, 3.8) is 0 Å². The predicted molar refractivity (Wildman–Crippen MR) is 73.1 cm³/mol. The van der Waals surface area contributed by atoms with Crippen molar-refractivity contribution in [2.24, 2.45) is 0 Å². The number of nitrogen functional groups attached to an aromatic ring is 1. The molecule has 0 fully saturated rings. The van der Waals surface area contributed by atoms with Crippen LogP contribution in [0.5, 0.6) is 0 Å². The number of nitrogens with two attached hydrogens (primary N) is 1. The van der Waals surface area contributed by atoms with E-state index in [-0.39, 0.29) is 18.0 Å². The largest absolute Gasteiger partial charge is 0.399 e. The van der Waals surface area contributed by atoms with E-state index in [1.54, 1.807) is 24.3 Å². The first-order valence-corrected chi connectivity index (χ1v) is 6.19.